The van der Waals surface area contributed by atoms with Crippen LogP contribution >= 0.6 is 0 Å². The van der Waals surface area contributed by atoms with Gasteiger partial charge in [0, 0.05) is 33.2 Å². The minimum Gasteiger partial charge on any atom is -0.310 e. The molecule has 10 aromatic rings. The lowest BCUT2D eigenvalue weighted by Crippen LogP contribution is -2.11. The molecule has 0 aliphatic rings. The SMILES string of the molecule is [C-]#[N+]c1ccccc1-c1c2ccccc2c(-c2ccccc2[N+]#[C-])c2c(N(c3ccccc3)c3ccc(-n4c5ccccc5c5ccccc54)cc3)cccc12. The van der Waals surface area contributed by atoms with E-state index in [2.05, 4.69) is 171 Å². The summed E-state index contributed by atoms with van der Waals surface area (Å²) in [6.07, 6.45) is 0. The maximum absolute atomic E-state index is 8.25. The zero-order valence-electron chi connectivity index (χ0n) is 30.3. The monoisotopic (exact) mass is 712 g/mol. The molecule has 0 fully saturated rings. The third-order valence-corrected chi connectivity index (χ3v) is 10.8. The molecule has 9 aromatic carbocycles. The van der Waals surface area contributed by atoms with Crippen LogP contribution in [0.4, 0.5) is 28.4 Å². The number of nitrogens with zero attached hydrogens (tertiary/aromatic N) is 4. The second kappa shape index (κ2) is 13.5. The largest absolute Gasteiger partial charge is 0.310 e. The van der Waals surface area contributed by atoms with E-state index in [-0.39, 0.29) is 0 Å². The Morgan fingerprint density at radius 1 is 0.375 bits per heavy atom. The maximum Gasteiger partial charge on any atom is 0.194 e. The van der Waals surface area contributed by atoms with Crippen LogP contribution in [0.1, 0.15) is 0 Å². The molecule has 1 heterocycles. The number of aromatic nitrogens is 1. The van der Waals surface area contributed by atoms with Crippen molar-refractivity contribution in [1.29, 1.82) is 0 Å². The smallest absolute Gasteiger partial charge is 0.194 e. The Kier molecular flexibility index (Phi) is 7.88. The summed E-state index contributed by atoms with van der Waals surface area (Å²) in [5.74, 6) is 0. The summed E-state index contributed by atoms with van der Waals surface area (Å²) in [5, 5.41) is 6.52. The van der Waals surface area contributed by atoms with Gasteiger partial charge in [0.2, 0.25) is 0 Å². The van der Waals surface area contributed by atoms with Gasteiger partial charge in [0.1, 0.15) is 0 Å². The van der Waals surface area contributed by atoms with E-state index in [1.807, 2.05) is 42.5 Å². The maximum atomic E-state index is 8.25. The molecule has 260 valence electrons. The van der Waals surface area contributed by atoms with E-state index in [0.717, 1.165) is 77.6 Å². The Labute approximate surface area is 325 Å². The van der Waals surface area contributed by atoms with Crippen LogP contribution < -0.4 is 4.90 Å². The first kappa shape index (κ1) is 32.7. The van der Waals surface area contributed by atoms with Crippen molar-refractivity contribution < 1.29 is 0 Å². The number of hydrogen-bond acceptors (Lipinski definition) is 1. The standard InChI is InChI=1S/C52H32N4/c1-53-45-26-12-8-23-42(45)50-40-21-6-7-22-41(40)51(43-24-9-13-27-46(43)54-2)52-44(50)25-16-30-49(52)55(35-17-4-3-5-18-35)36-31-33-37(34-32-36)56-47-28-14-10-19-38(47)39-20-11-15-29-48(39)56/h3-34H. The lowest BCUT2D eigenvalue weighted by atomic mass is 9.84. The summed E-state index contributed by atoms with van der Waals surface area (Å²) in [6.45, 7) is 16.4. The number of benzene rings is 9. The van der Waals surface area contributed by atoms with E-state index in [1.165, 1.54) is 10.8 Å². The zero-order valence-corrected chi connectivity index (χ0v) is 30.3. The van der Waals surface area contributed by atoms with Crippen LogP contribution in [0, 0.1) is 13.1 Å². The van der Waals surface area contributed by atoms with Gasteiger partial charge in [-0.1, -0.05) is 140 Å². The molecule has 10 rings (SSSR count). The van der Waals surface area contributed by atoms with Crippen molar-refractivity contribution in [2.75, 3.05) is 4.90 Å². The van der Waals surface area contributed by atoms with Gasteiger partial charge in [0.25, 0.3) is 0 Å². The summed E-state index contributed by atoms with van der Waals surface area (Å²) < 4.78 is 2.34. The summed E-state index contributed by atoms with van der Waals surface area (Å²) in [4.78, 5) is 10.3. The van der Waals surface area contributed by atoms with Gasteiger partial charge in [0.05, 0.1) is 29.9 Å². The second-order valence-corrected chi connectivity index (χ2v) is 13.8. The Balaban J connectivity index is 1.30. The summed E-state index contributed by atoms with van der Waals surface area (Å²) in [7, 11) is 0. The number of anilines is 3. The highest BCUT2D eigenvalue weighted by molar-refractivity contribution is 6.26. The van der Waals surface area contributed by atoms with Crippen molar-refractivity contribution in [2.24, 2.45) is 0 Å². The van der Waals surface area contributed by atoms with Crippen molar-refractivity contribution in [3.63, 3.8) is 0 Å². The molecule has 0 aliphatic carbocycles. The minimum atomic E-state index is 0.588. The van der Waals surface area contributed by atoms with Gasteiger partial charge in [0.15, 0.2) is 11.4 Å². The number of rotatable bonds is 6. The zero-order chi connectivity index (χ0) is 37.6. The highest BCUT2D eigenvalue weighted by Crippen LogP contribution is 2.52. The highest BCUT2D eigenvalue weighted by atomic mass is 15.1. The number of para-hydroxylation sites is 5. The van der Waals surface area contributed by atoms with Gasteiger partial charge in [-0.05, 0) is 93.0 Å². The molecule has 0 N–H and O–H groups in total. The normalized spacial score (nSPS) is 11.2. The van der Waals surface area contributed by atoms with Crippen LogP contribution in [0.3, 0.4) is 0 Å². The quantitative estimate of drug-likeness (QED) is 0.124. The summed E-state index contributed by atoms with van der Waals surface area (Å²) >= 11 is 0. The van der Waals surface area contributed by atoms with E-state index >= 15 is 0 Å². The Bertz CT molecular complexity index is 3160. The molecular weight excluding hydrogens is 681 g/mol. The number of hydrogen-bond donors (Lipinski definition) is 0. The number of fused-ring (bicyclic) bond motifs is 5. The Morgan fingerprint density at radius 3 is 1.45 bits per heavy atom. The topological polar surface area (TPSA) is 16.9 Å². The van der Waals surface area contributed by atoms with E-state index in [0.29, 0.717) is 11.4 Å². The van der Waals surface area contributed by atoms with Crippen molar-refractivity contribution in [2.45, 2.75) is 0 Å². The Hall–Kier alpha value is -7.92. The highest BCUT2D eigenvalue weighted by Gasteiger charge is 2.25. The third-order valence-electron chi connectivity index (χ3n) is 10.8. The van der Waals surface area contributed by atoms with Gasteiger partial charge in [-0.3, -0.25) is 0 Å². The lowest BCUT2D eigenvalue weighted by molar-refractivity contribution is 1.17. The van der Waals surface area contributed by atoms with Crippen molar-refractivity contribution in [1.82, 2.24) is 4.57 Å². The van der Waals surface area contributed by atoms with Crippen LogP contribution in [0.2, 0.25) is 0 Å². The fraction of sp³-hybridized carbons (Fsp3) is 0. The first-order valence-corrected chi connectivity index (χ1v) is 18.6. The van der Waals surface area contributed by atoms with Crippen LogP contribution in [-0.2, 0) is 0 Å². The first-order chi connectivity index (χ1) is 27.7. The average Bonchev–Trinajstić information content (AvgIpc) is 3.61. The van der Waals surface area contributed by atoms with Crippen molar-refractivity contribution in [3.05, 3.63) is 217 Å². The first-order valence-electron chi connectivity index (χ1n) is 18.6. The van der Waals surface area contributed by atoms with Gasteiger partial charge in [-0.15, -0.1) is 0 Å². The van der Waals surface area contributed by atoms with Crippen LogP contribution in [0.5, 0.6) is 0 Å². The molecule has 0 amide bonds. The fourth-order valence-corrected chi connectivity index (χ4v) is 8.49. The molecule has 0 aliphatic heterocycles. The third kappa shape index (κ3) is 5.13. The van der Waals surface area contributed by atoms with Crippen molar-refractivity contribution in [3.8, 4) is 27.9 Å². The average molecular weight is 713 g/mol. The van der Waals surface area contributed by atoms with E-state index in [4.69, 9.17) is 13.1 Å². The van der Waals surface area contributed by atoms with Crippen LogP contribution in [-0.4, -0.2) is 4.57 Å². The molecule has 1 aromatic heterocycles. The van der Waals surface area contributed by atoms with Gasteiger partial charge < -0.3 is 9.47 Å². The molecule has 0 unspecified atom stereocenters. The molecule has 4 nitrogen and oxygen atoms in total. The molecule has 0 saturated heterocycles. The van der Waals surface area contributed by atoms with Gasteiger partial charge >= 0.3 is 0 Å². The van der Waals surface area contributed by atoms with Crippen LogP contribution in [0.25, 0.3) is 81.0 Å². The predicted octanol–water partition coefficient (Wildman–Crippen LogP) is 15.0. The molecule has 0 spiro atoms. The van der Waals surface area contributed by atoms with Crippen molar-refractivity contribution >= 4 is 71.8 Å². The molecule has 0 bridgehead atoms. The Morgan fingerprint density at radius 2 is 0.839 bits per heavy atom. The second-order valence-electron chi connectivity index (χ2n) is 13.8. The van der Waals surface area contributed by atoms with E-state index in [1.54, 1.807) is 0 Å². The van der Waals surface area contributed by atoms with Gasteiger partial charge in [-0.2, -0.15) is 0 Å². The summed E-state index contributed by atoms with van der Waals surface area (Å²) in [6, 6.07) is 67.1. The molecule has 56 heavy (non-hydrogen) atoms. The molecule has 4 heteroatoms. The fourth-order valence-electron chi connectivity index (χ4n) is 8.49. The lowest BCUT2D eigenvalue weighted by Gasteiger charge is -2.29. The van der Waals surface area contributed by atoms with E-state index in [9.17, 15) is 0 Å². The molecule has 0 atom stereocenters. The molecule has 0 saturated carbocycles. The van der Waals surface area contributed by atoms with Gasteiger partial charge in [-0.25, -0.2) is 9.69 Å². The van der Waals surface area contributed by atoms with Crippen LogP contribution in [0.15, 0.2) is 194 Å². The minimum absolute atomic E-state index is 0.588. The van der Waals surface area contributed by atoms with E-state index < -0.39 is 0 Å². The summed E-state index contributed by atoms with van der Waals surface area (Å²) in [5.41, 5.74) is 11.3. The molecule has 0 radical (unpaired) electrons. The molecular formula is C52H32N4. The predicted molar refractivity (Wildman–Crippen MR) is 234 cm³/mol.